The van der Waals surface area contributed by atoms with Crippen LogP contribution in [0.1, 0.15) is 25.7 Å². The van der Waals surface area contributed by atoms with Crippen molar-refractivity contribution in [1.29, 1.82) is 0 Å². The first kappa shape index (κ1) is 12.0. The van der Waals surface area contributed by atoms with Crippen LogP contribution in [0.3, 0.4) is 0 Å². The summed E-state index contributed by atoms with van der Waals surface area (Å²) < 4.78 is 25.4. The van der Waals surface area contributed by atoms with Crippen LogP contribution in [0.15, 0.2) is 0 Å². The highest BCUT2D eigenvalue weighted by molar-refractivity contribution is 7.90. The highest BCUT2D eigenvalue weighted by Gasteiger charge is 2.24. The number of hydrogen-bond donors (Lipinski definition) is 3. The van der Waals surface area contributed by atoms with Crippen LogP contribution in [0.5, 0.6) is 0 Å². The molecule has 0 aliphatic carbocycles. The van der Waals surface area contributed by atoms with Crippen LogP contribution in [-0.2, 0) is 10.0 Å². The molecule has 2 atom stereocenters. The topological polar surface area (TPSA) is 121 Å². The van der Waals surface area contributed by atoms with E-state index in [1.807, 2.05) is 0 Å². The molecule has 0 radical (unpaired) electrons. The van der Waals surface area contributed by atoms with E-state index in [4.69, 9.17) is 5.11 Å². The van der Waals surface area contributed by atoms with Gasteiger partial charge in [0, 0.05) is 0 Å². The Morgan fingerprint density at radius 3 is 2.67 bits per heavy atom. The van der Waals surface area contributed by atoms with Gasteiger partial charge < -0.3 is 5.11 Å². The van der Waals surface area contributed by atoms with Gasteiger partial charge in [-0.15, -0.1) is 10.2 Å². The van der Waals surface area contributed by atoms with E-state index in [-0.39, 0.29) is 5.82 Å². The Morgan fingerprint density at radius 2 is 2.20 bits per heavy atom. The molecule has 0 aromatic carbocycles. The summed E-state index contributed by atoms with van der Waals surface area (Å²) in [6.07, 6.45) is 0. The molecule has 0 aliphatic rings. The summed E-state index contributed by atoms with van der Waals surface area (Å²) in [6, 6.07) is -0.581. The molecule has 1 rings (SSSR count). The summed E-state index contributed by atoms with van der Waals surface area (Å²) in [5.74, 6) is 0.253. The minimum absolute atomic E-state index is 0.253. The van der Waals surface area contributed by atoms with E-state index in [0.717, 1.165) is 0 Å². The maximum atomic E-state index is 11.5. The molecule has 0 bridgehead atoms. The molecule has 3 N–H and O–H groups in total. The molecule has 1 aromatic heterocycles. The number of aromatic amines is 1. The molecule has 9 heteroatoms. The Kier molecular flexibility index (Phi) is 3.72. The number of hydrogen-bond acceptors (Lipinski definition) is 6. The second kappa shape index (κ2) is 4.64. The Labute approximate surface area is 87.1 Å². The summed E-state index contributed by atoms with van der Waals surface area (Å²) in [5, 5.41) is 20.7. The van der Waals surface area contributed by atoms with Crippen LogP contribution in [0.2, 0.25) is 0 Å². The molecule has 0 aliphatic heterocycles. The van der Waals surface area contributed by atoms with E-state index in [2.05, 4.69) is 25.3 Å². The molecule has 0 amide bonds. The summed E-state index contributed by atoms with van der Waals surface area (Å²) in [6.45, 7) is 2.56. The van der Waals surface area contributed by atoms with E-state index in [9.17, 15) is 8.42 Å². The first-order chi connectivity index (χ1) is 6.97. The molecule has 8 nitrogen and oxygen atoms in total. The second-order valence-corrected chi connectivity index (χ2v) is 5.28. The number of aromatic nitrogens is 4. The van der Waals surface area contributed by atoms with Crippen LogP contribution in [0.4, 0.5) is 0 Å². The van der Waals surface area contributed by atoms with E-state index in [1.54, 1.807) is 6.92 Å². The zero-order chi connectivity index (χ0) is 11.5. The fourth-order valence-corrected chi connectivity index (χ4v) is 1.89. The number of H-pyrrole nitrogens is 1. The molecule has 2 unspecified atom stereocenters. The molecule has 0 saturated carbocycles. The van der Waals surface area contributed by atoms with Crippen molar-refractivity contribution >= 4 is 10.0 Å². The molecule has 1 aromatic rings. The lowest BCUT2D eigenvalue weighted by Gasteiger charge is -2.14. The maximum Gasteiger partial charge on any atom is 0.217 e. The molecule has 1 heterocycles. The zero-order valence-corrected chi connectivity index (χ0v) is 9.19. The quantitative estimate of drug-likeness (QED) is 0.574. The van der Waals surface area contributed by atoms with Crippen molar-refractivity contribution in [2.75, 3.05) is 6.61 Å². The van der Waals surface area contributed by atoms with Crippen molar-refractivity contribution in [3.63, 3.8) is 0 Å². The molecule has 86 valence electrons. The minimum atomic E-state index is -3.56. The van der Waals surface area contributed by atoms with E-state index < -0.39 is 27.9 Å². The van der Waals surface area contributed by atoms with Crippen LogP contribution in [0, 0.1) is 0 Å². The Balaban J connectivity index is 2.70. The van der Waals surface area contributed by atoms with Crippen molar-refractivity contribution in [3.8, 4) is 0 Å². The molecule has 0 saturated heterocycles. The number of sulfonamides is 1. The van der Waals surface area contributed by atoms with Gasteiger partial charge in [0.25, 0.3) is 0 Å². The van der Waals surface area contributed by atoms with Gasteiger partial charge in [-0.3, -0.25) is 0 Å². The highest BCUT2D eigenvalue weighted by Crippen LogP contribution is 2.08. The smallest absolute Gasteiger partial charge is 0.217 e. The van der Waals surface area contributed by atoms with Crippen molar-refractivity contribution in [2.45, 2.75) is 25.1 Å². The lowest BCUT2D eigenvalue weighted by Crippen LogP contribution is -2.36. The fraction of sp³-hybridized carbons (Fsp3) is 0.833. The molecule has 0 spiro atoms. The van der Waals surface area contributed by atoms with Gasteiger partial charge in [-0.1, -0.05) is 5.21 Å². The molecule has 15 heavy (non-hydrogen) atoms. The lowest BCUT2D eigenvalue weighted by atomic mass is 10.4. The second-order valence-electron chi connectivity index (χ2n) is 3.15. The number of aliphatic hydroxyl groups is 1. The minimum Gasteiger partial charge on any atom is -0.395 e. The molecular formula is C6H13N5O3S. The zero-order valence-electron chi connectivity index (χ0n) is 8.38. The summed E-state index contributed by atoms with van der Waals surface area (Å²) in [4.78, 5) is 0. The first-order valence-corrected chi connectivity index (χ1v) is 5.87. The third kappa shape index (κ3) is 2.94. The van der Waals surface area contributed by atoms with E-state index >= 15 is 0 Å². The normalized spacial score (nSPS) is 16.2. The standard InChI is InChI=1S/C6H13N5O3S/c1-4(3-12)15(13,14)9-5(2)6-7-10-11-8-6/h4-5,9,12H,3H2,1-2H3,(H,7,8,10,11). The predicted molar refractivity (Wildman–Crippen MR) is 51.2 cm³/mol. The van der Waals surface area contributed by atoms with Crippen molar-refractivity contribution in [1.82, 2.24) is 25.3 Å². The summed E-state index contributed by atoms with van der Waals surface area (Å²) in [7, 11) is -3.56. The lowest BCUT2D eigenvalue weighted by molar-refractivity contribution is 0.294. The number of aliphatic hydroxyl groups excluding tert-OH is 1. The average Bonchev–Trinajstić information content (AvgIpc) is 2.68. The van der Waals surface area contributed by atoms with Crippen LogP contribution < -0.4 is 4.72 Å². The maximum absolute atomic E-state index is 11.5. The van der Waals surface area contributed by atoms with Gasteiger partial charge in [0.1, 0.15) is 0 Å². The van der Waals surface area contributed by atoms with Crippen LogP contribution in [-0.4, -0.2) is 46.0 Å². The van der Waals surface area contributed by atoms with E-state index in [1.165, 1.54) is 6.92 Å². The third-order valence-corrected chi connectivity index (χ3v) is 3.77. The van der Waals surface area contributed by atoms with Gasteiger partial charge in [-0.2, -0.15) is 5.21 Å². The number of nitrogens with zero attached hydrogens (tertiary/aromatic N) is 3. The Bertz CT molecular complexity index is 389. The van der Waals surface area contributed by atoms with Gasteiger partial charge in [0.2, 0.25) is 10.0 Å². The third-order valence-electron chi connectivity index (χ3n) is 1.88. The van der Waals surface area contributed by atoms with Crippen molar-refractivity contribution < 1.29 is 13.5 Å². The first-order valence-electron chi connectivity index (χ1n) is 4.32. The number of rotatable bonds is 5. The SMILES string of the molecule is CC(NS(=O)(=O)C(C)CO)c1nn[nH]n1. The van der Waals surface area contributed by atoms with Crippen molar-refractivity contribution in [2.24, 2.45) is 0 Å². The molecule has 0 fully saturated rings. The fourth-order valence-electron chi connectivity index (χ4n) is 0.866. The monoisotopic (exact) mass is 235 g/mol. The largest absolute Gasteiger partial charge is 0.395 e. The van der Waals surface area contributed by atoms with Gasteiger partial charge in [-0.05, 0) is 13.8 Å². The summed E-state index contributed by atoms with van der Waals surface area (Å²) >= 11 is 0. The van der Waals surface area contributed by atoms with Crippen LogP contribution in [0.25, 0.3) is 0 Å². The van der Waals surface area contributed by atoms with Crippen LogP contribution >= 0.6 is 0 Å². The number of tetrazole rings is 1. The number of nitrogens with one attached hydrogen (secondary N) is 2. The van der Waals surface area contributed by atoms with Gasteiger partial charge in [-0.25, -0.2) is 13.1 Å². The highest BCUT2D eigenvalue weighted by atomic mass is 32.2. The van der Waals surface area contributed by atoms with Gasteiger partial charge in [0.15, 0.2) is 5.82 Å². The average molecular weight is 235 g/mol. The van der Waals surface area contributed by atoms with Crippen molar-refractivity contribution in [3.05, 3.63) is 5.82 Å². The van der Waals surface area contributed by atoms with E-state index in [0.29, 0.717) is 0 Å². The van der Waals surface area contributed by atoms with Gasteiger partial charge in [0.05, 0.1) is 17.9 Å². The van der Waals surface area contributed by atoms with Gasteiger partial charge >= 0.3 is 0 Å². The predicted octanol–water partition coefficient (Wildman–Crippen LogP) is -1.44. The molecular weight excluding hydrogens is 222 g/mol. The summed E-state index contributed by atoms with van der Waals surface area (Å²) in [5.41, 5.74) is 0. The Hall–Kier alpha value is -1.06. The Morgan fingerprint density at radius 1 is 1.53 bits per heavy atom.